The smallest absolute Gasteiger partial charge is 0.00642 e. The Hall–Kier alpha value is -0.300. The summed E-state index contributed by atoms with van der Waals surface area (Å²) in [5.41, 5.74) is 0. The van der Waals surface area contributed by atoms with Gasteiger partial charge in [-0.05, 0) is 38.6 Å². The molecule has 0 amide bonds. The van der Waals surface area contributed by atoms with Crippen LogP contribution >= 0.6 is 0 Å². The van der Waals surface area contributed by atoms with Gasteiger partial charge in [0.1, 0.15) is 0 Å². The van der Waals surface area contributed by atoms with E-state index in [0.29, 0.717) is 6.04 Å². The highest BCUT2D eigenvalue weighted by atomic mass is 14.9. The first-order chi connectivity index (χ1) is 6.72. The molecule has 0 spiro atoms. The molecule has 2 unspecified atom stereocenters. The molecule has 0 aromatic carbocycles. The maximum absolute atomic E-state index is 3.74. The summed E-state index contributed by atoms with van der Waals surface area (Å²) in [6, 6.07) is 0.666. The van der Waals surface area contributed by atoms with E-state index in [9.17, 15) is 0 Å². The molecular weight excluding hydrogens is 170 g/mol. The van der Waals surface area contributed by atoms with Gasteiger partial charge < -0.3 is 5.32 Å². The molecule has 14 heavy (non-hydrogen) atoms. The minimum Gasteiger partial charge on any atom is -0.314 e. The minimum atomic E-state index is 0.666. The molecule has 1 nitrogen and oxygen atoms in total. The summed E-state index contributed by atoms with van der Waals surface area (Å²) in [6.07, 6.45) is 8.58. The van der Waals surface area contributed by atoms with Crippen molar-refractivity contribution >= 4 is 0 Å². The van der Waals surface area contributed by atoms with Crippen molar-refractivity contribution in [3.05, 3.63) is 12.7 Å². The second-order valence-electron chi connectivity index (χ2n) is 4.25. The largest absolute Gasteiger partial charge is 0.314 e. The van der Waals surface area contributed by atoms with Gasteiger partial charge in [0.25, 0.3) is 0 Å². The van der Waals surface area contributed by atoms with Crippen molar-refractivity contribution in [2.45, 2.75) is 58.9 Å². The maximum atomic E-state index is 3.74. The molecule has 0 heterocycles. The molecule has 0 fully saturated rings. The van der Waals surface area contributed by atoms with Crippen molar-refractivity contribution in [3.63, 3.8) is 0 Å². The predicted octanol–water partition coefficient (Wildman–Crippen LogP) is 3.76. The molecule has 0 rings (SSSR count). The number of nitrogens with one attached hydrogen (secondary N) is 1. The summed E-state index contributed by atoms with van der Waals surface area (Å²) in [5, 5.41) is 3.48. The Balaban J connectivity index is 3.33. The van der Waals surface area contributed by atoms with Crippen LogP contribution < -0.4 is 5.32 Å². The van der Waals surface area contributed by atoms with E-state index in [4.69, 9.17) is 0 Å². The summed E-state index contributed by atoms with van der Waals surface area (Å²) in [4.78, 5) is 0. The highest BCUT2D eigenvalue weighted by Crippen LogP contribution is 2.13. The van der Waals surface area contributed by atoms with Crippen LogP contribution in [0.3, 0.4) is 0 Å². The van der Waals surface area contributed by atoms with Crippen molar-refractivity contribution in [2.75, 3.05) is 6.54 Å². The van der Waals surface area contributed by atoms with Crippen LogP contribution in [0.25, 0.3) is 0 Å². The molecule has 0 aromatic rings. The number of unbranched alkanes of at least 4 members (excludes halogenated alkanes) is 3. The third-order valence-corrected chi connectivity index (χ3v) is 2.95. The molecule has 0 aromatic heterocycles. The molecule has 1 heteroatoms. The number of allylic oxidation sites excluding steroid dienone is 1. The number of hydrogen-bond donors (Lipinski definition) is 1. The van der Waals surface area contributed by atoms with Crippen LogP contribution in [0.5, 0.6) is 0 Å². The molecule has 2 atom stereocenters. The van der Waals surface area contributed by atoms with Crippen LogP contribution in [-0.4, -0.2) is 12.6 Å². The van der Waals surface area contributed by atoms with Crippen molar-refractivity contribution in [1.29, 1.82) is 0 Å². The highest BCUT2D eigenvalue weighted by Gasteiger charge is 2.09. The number of hydrogen-bond acceptors (Lipinski definition) is 1. The van der Waals surface area contributed by atoms with Crippen molar-refractivity contribution in [3.8, 4) is 0 Å². The van der Waals surface area contributed by atoms with Crippen LogP contribution in [-0.2, 0) is 0 Å². The van der Waals surface area contributed by atoms with Gasteiger partial charge in [-0.15, -0.1) is 6.58 Å². The topological polar surface area (TPSA) is 12.0 Å². The highest BCUT2D eigenvalue weighted by molar-refractivity contribution is 4.69. The Labute approximate surface area is 90.0 Å². The van der Waals surface area contributed by atoms with E-state index in [1.807, 2.05) is 6.08 Å². The second kappa shape index (κ2) is 9.26. The molecule has 0 radical (unpaired) electrons. The molecule has 1 N–H and O–H groups in total. The molecule has 0 bridgehead atoms. The van der Waals surface area contributed by atoms with E-state index in [2.05, 4.69) is 32.7 Å². The lowest BCUT2D eigenvalue weighted by Gasteiger charge is -2.20. The number of rotatable bonds is 9. The molecule has 0 aliphatic rings. The van der Waals surface area contributed by atoms with Crippen LogP contribution in [0.2, 0.25) is 0 Å². The van der Waals surface area contributed by atoms with Crippen molar-refractivity contribution in [1.82, 2.24) is 5.32 Å². The fourth-order valence-electron chi connectivity index (χ4n) is 1.70. The van der Waals surface area contributed by atoms with Crippen LogP contribution in [0, 0.1) is 5.92 Å². The molecule has 0 aliphatic carbocycles. The SMILES string of the molecule is C=CCCCCCC(C)C(C)NCC. The van der Waals surface area contributed by atoms with Gasteiger partial charge in [0.15, 0.2) is 0 Å². The van der Waals surface area contributed by atoms with Gasteiger partial charge in [0.05, 0.1) is 0 Å². The van der Waals surface area contributed by atoms with Gasteiger partial charge in [-0.1, -0.05) is 32.8 Å². The van der Waals surface area contributed by atoms with E-state index >= 15 is 0 Å². The van der Waals surface area contributed by atoms with Crippen molar-refractivity contribution < 1.29 is 0 Å². The summed E-state index contributed by atoms with van der Waals surface area (Å²) in [7, 11) is 0. The van der Waals surface area contributed by atoms with Crippen LogP contribution in [0.4, 0.5) is 0 Å². The summed E-state index contributed by atoms with van der Waals surface area (Å²) in [5.74, 6) is 0.804. The Morgan fingerprint density at radius 3 is 2.50 bits per heavy atom. The average Bonchev–Trinajstić information content (AvgIpc) is 2.17. The van der Waals surface area contributed by atoms with Gasteiger partial charge in [-0.3, -0.25) is 0 Å². The lowest BCUT2D eigenvalue weighted by atomic mass is 9.96. The third-order valence-electron chi connectivity index (χ3n) is 2.95. The Kier molecular flexibility index (Phi) is 9.06. The van der Waals surface area contributed by atoms with Crippen molar-refractivity contribution in [2.24, 2.45) is 5.92 Å². The van der Waals surface area contributed by atoms with E-state index in [1.165, 1.54) is 32.1 Å². The van der Waals surface area contributed by atoms with Crippen LogP contribution in [0.15, 0.2) is 12.7 Å². The fraction of sp³-hybridized carbons (Fsp3) is 0.846. The molecule has 0 aliphatic heterocycles. The first kappa shape index (κ1) is 13.7. The first-order valence-electron chi connectivity index (χ1n) is 6.06. The summed E-state index contributed by atoms with van der Waals surface area (Å²) >= 11 is 0. The maximum Gasteiger partial charge on any atom is 0.00642 e. The van der Waals surface area contributed by atoms with E-state index in [1.54, 1.807) is 0 Å². The Bertz CT molecular complexity index is 131. The normalized spacial score (nSPS) is 15.1. The van der Waals surface area contributed by atoms with E-state index in [-0.39, 0.29) is 0 Å². The zero-order chi connectivity index (χ0) is 10.8. The molecule has 84 valence electrons. The van der Waals surface area contributed by atoms with Gasteiger partial charge in [-0.25, -0.2) is 0 Å². The predicted molar refractivity (Wildman–Crippen MR) is 65.6 cm³/mol. The fourth-order valence-corrected chi connectivity index (χ4v) is 1.70. The molecular formula is C13H27N. The minimum absolute atomic E-state index is 0.666. The van der Waals surface area contributed by atoms with E-state index < -0.39 is 0 Å². The lowest BCUT2D eigenvalue weighted by molar-refractivity contribution is 0.372. The zero-order valence-electron chi connectivity index (χ0n) is 10.2. The molecule has 0 saturated carbocycles. The zero-order valence-corrected chi connectivity index (χ0v) is 10.2. The average molecular weight is 197 g/mol. The third kappa shape index (κ3) is 7.14. The lowest BCUT2D eigenvalue weighted by Crippen LogP contribution is -2.31. The van der Waals surface area contributed by atoms with Gasteiger partial charge >= 0.3 is 0 Å². The van der Waals surface area contributed by atoms with Gasteiger partial charge in [-0.2, -0.15) is 0 Å². The summed E-state index contributed by atoms with van der Waals surface area (Å²) < 4.78 is 0. The second-order valence-corrected chi connectivity index (χ2v) is 4.25. The Morgan fingerprint density at radius 1 is 1.21 bits per heavy atom. The van der Waals surface area contributed by atoms with Crippen LogP contribution in [0.1, 0.15) is 52.9 Å². The van der Waals surface area contributed by atoms with Gasteiger partial charge in [0, 0.05) is 6.04 Å². The molecule has 0 saturated heterocycles. The quantitative estimate of drug-likeness (QED) is 0.438. The first-order valence-corrected chi connectivity index (χ1v) is 6.06. The summed E-state index contributed by atoms with van der Waals surface area (Å²) in [6.45, 7) is 11.6. The standard InChI is InChI=1S/C13H27N/c1-5-7-8-9-10-11-12(3)13(4)14-6-2/h5,12-14H,1,6-11H2,2-4H3. The monoisotopic (exact) mass is 197 g/mol. The Morgan fingerprint density at radius 2 is 1.93 bits per heavy atom. The van der Waals surface area contributed by atoms with Gasteiger partial charge in [0.2, 0.25) is 0 Å². The van der Waals surface area contributed by atoms with E-state index in [0.717, 1.165) is 12.5 Å².